The van der Waals surface area contributed by atoms with Gasteiger partial charge in [-0.25, -0.2) is 10.2 Å². The molecule has 0 aromatic carbocycles. The topological polar surface area (TPSA) is 67.5 Å². The molecule has 12 heavy (non-hydrogen) atoms. The maximum atomic E-state index is 10.3. The van der Waals surface area contributed by atoms with Crippen LogP contribution in [0.25, 0.3) is 0 Å². The number of hydrogen-bond acceptors (Lipinski definition) is 2. The fourth-order valence-electron chi connectivity index (χ4n) is 0.833. The molecule has 0 fully saturated rings. The van der Waals surface area contributed by atoms with Gasteiger partial charge in [-0.2, -0.15) is 5.10 Å². The van der Waals surface area contributed by atoms with Crippen LogP contribution in [0.1, 0.15) is 20.8 Å². The molecule has 0 aromatic rings. The van der Waals surface area contributed by atoms with Crippen molar-refractivity contribution >= 4 is 11.7 Å². The molecule has 0 rings (SSSR count). The summed E-state index contributed by atoms with van der Waals surface area (Å²) in [5, 5.41) is 3.81. The molecule has 0 unspecified atom stereocenters. The Morgan fingerprint density at radius 1 is 1.58 bits per heavy atom. The quantitative estimate of drug-likeness (QED) is 0.484. The lowest BCUT2D eigenvalue weighted by molar-refractivity contribution is 0.249. The van der Waals surface area contributed by atoms with Crippen LogP contribution in [0.4, 0.5) is 4.79 Å². The lowest BCUT2D eigenvalue weighted by Gasteiger charge is -2.08. The molecule has 0 saturated heterocycles. The normalized spacial score (nSPS) is 11.5. The summed E-state index contributed by atoms with van der Waals surface area (Å²) < 4.78 is 0. The van der Waals surface area contributed by atoms with E-state index in [0.29, 0.717) is 0 Å². The van der Waals surface area contributed by atoms with E-state index in [1.54, 1.807) is 0 Å². The first-order chi connectivity index (χ1) is 5.45. The Bertz CT molecular complexity index is 218. The molecule has 0 heterocycles. The molecule has 4 heteroatoms. The van der Waals surface area contributed by atoms with Crippen molar-refractivity contribution in [2.24, 2.45) is 16.8 Å². The monoisotopic (exact) mass is 169 g/mol. The van der Waals surface area contributed by atoms with Crippen molar-refractivity contribution in [1.82, 2.24) is 5.43 Å². The van der Waals surface area contributed by atoms with E-state index in [0.717, 1.165) is 11.3 Å². The van der Waals surface area contributed by atoms with E-state index in [9.17, 15) is 4.79 Å². The summed E-state index contributed by atoms with van der Waals surface area (Å²) >= 11 is 0. The van der Waals surface area contributed by atoms with Crippen LogP contribution in [-0.2, 0) is 0 Å². The predicted molar refractivity (Wildman–Crippen MR) is 49.8 cm³/mol. The molecule has 0 saturated carbocycles. The third-order valence-electron chi connectivity index (χ3n) is 1.27. The maximum absolute atomic E-state index is 10.3. The van der Waals surface area contributed by atoms with Crippen LogP contribution >= 0.6 is 0 Å². The summed E-state index contributed by atoms with van der Waals surface area (Å²) in [5.74, 6) is 0.231. The minimum atomic E-state index is -0.658. The zero-order valence-corrected chi connectivity index (χ0v) is 7.72. The summed E-state index contributed by atoms with van der Waals surface area (Å²) in [7, 11) is 0. The van der Waals surface area contributed by atoms with Gasteiger partial charge in [0.25, 0.3) is 0 Å². The van der Waals surface area contributed by atoms with Gasteiger partial charge in [-0.1, -0.05) is 20.4 Å². The highest BCUT2D eigenvalue weighted by Crippen LogP contribution is 2.04. The van der Waals surface area contributed by atoms with Gasteiger partial charge in [0.2, 0.25) is 0 Å². The van der Waals surface area contributed by atoms with Crippen LogP contribution in [0.2, 0.25) is 0 Å². The van der Waals surface area contributed by atoms with E-state index in [2.05, 4.69) is 17.1 Å². The van der Waals surface area contributed by atoms with Crippen molar-refractivity contribution in [2.45, 2.75) is 20.8 Å². The molecule has 2 amide bonds. The van der Waals surface area contributed by atoms with Gasteiger partial charge in [-0.3, -0.25) is 0 Å². The van der Waals surface area contributed by atoms with Crippen LogP contribution in [0.3, 0.4) is 0 Å². The van der Waals surface area contributed by atoms with Gasteiger partial charge in [-0.15, -0.1) is 0 Å². The van der Waals surface area contributed by atoms with Crippen LogP contribution in [-0.4, -0.2) is 11.7 Å². The standard InChI is InChI=1S/C8H15N3O/c1-5(2)7(6(3)4)10-11-8(9)12/h6H,1H2,2-4H3,(H3,9,11,12)/b10-7-. The molecule has 0 aromatic heterocycles. The summed E-state index contributed by atoms with van der Waals surface area (Å²) in [6, 6.07) is -0.658. The molecule has 0 atom stereocenters. The zero-order chi connectivity index (χ0) is 9.72. The van der Waals surface area contributed by atoms with Crippen LogP contribution in [0, 0.1) is 5.92 Å². The smallest absolute Gasteiger partial charge is 0.332 e. The molecule has 4 nitrogen and oxygen atoms in total. The number of allylic oxidation sites excluding steroid dienone is 1. The van der Waals surface area contributed by atoms with Crippen molar-refractivity contribution in [3.8, 4) is 0 Å². The molecule has 0 spiro atoms. The highest BCUT2D eigenvalue weighted by atomic mass is 16.2. The lowest BCUT2D eigenvalue weighted by atomic mass is 10.0. The number of nitrogens with zero attached hydrogens (tertiary/aromatic N) is 1. The van der Waals surface area contributed by atoms with E-state index in [1.807, 2.05) is 20.8 Å². The van der Waals surface area contributed by atoms with Crippen LogP contribution in [0.15, 0.2) is 17.3 Å². The largest absolute Gasteiger partial charge is 0.350 e. The Morgan fingerprint density at radius 3 is 2.33 bits per heavy atom. The second-order valence-corrected chi connectivity index (χ2v) is 2.91. The van der Waals surface area contributed by atoms with E-state index in [4.69, 9.17) is 5.73 Å². The SMILES string of the molecule is C=C(C)/C(=N/NC(N)=O)C(C)C. The van der Waals surface area contributed by atoms with Crippen molar-refractivity contribution in [3.05, 3.63) is 12.2 Å². The number of hydrogen-bond donors (Lipinski definition) is 2. The maximum Gasteiger partial charge on any atom is 0.332 e. The first-order valence-corrected chi connectivity index (χ1v) is 3.74. The minimum Gasteiger partial charge on any atom is -0.350 e. The summed E-state index contributed by atoms with van der Waals surface area (Å²) in [6.07, 6.45) is 0. The highest BCUT2D eigenvalue weighted by Gasteiger charge is 2.05. The van der Waals surface area contributed by atoms with Crippen molar-refractivity contribution < 1.29 is 4.79 Å². The first kappa shape index (κ1) is 10.7. The first-order valence-electron chi connectivity index (χ1n) is 3.74. The number of primary amides is 1. The van der Waals surface area contributed by atoms with E-state index < -0.39 is 6.03 Å². The van der Waals surface area contributed by atoms with Crippen molar-refractivity contribution in [3.63, 3.8) is 0 Å². The average Bonchev–Trinajstić information content (AvgIpc) is 1.84. The Hall–Kier alpha value is -1.32. The third-order valence-corrected chi connectivity index (χ3v) is 1.27. The number of nitrogens with two attached hydrogens (primary N) is 1. The van der Waals surface area contributed by atoms with Crippen molar-refractivity contribution in [2.75, 3.05) is 0 Å². The fourth-order valence-corrected chi connectivity index (χ4v) is 0.833. The third kappa shape index (κ3) is 3.75. The number of carbonyl (C=O) groups is 1. The Morgan fingerprint density at radius 2 is 2.08 bits per heavy atom. The van der Waals surface area contributed by atoms with E-state index >= 15 is 0 Å². The molecule has 3 N–H and O–H groups in total. The second-order valence-electron chi connectivity index (χ2n) is 2.91. The van der Waals surface area contributed by atoms with Gasteiger partial charge in [0.15, 0.2) is 0 Å². The average molecular weight is 169 g/mol. The Kier molecular flexibility index (Phi) is 4.04. The van der Waals surface area contributed by atoms with Gasteiger partial charge in [0.1, 0.15) is 0 Å². The van der Waals surface area contributed by atoms with Crippen LogP contribution in [0.5, 0.6) is 0 Å². The summed E-state index contributed by atoms with van der Waals surface area (Å²) in [5.41, 5.74) is 8.62. The molecule has 0 aliphatic carbocycles. The number of carbonyl (C=O) groups excluding carboxylic acids is 1. The molecule has 0 radical (unpaired) electrons. The van der Waals surface area contributed by atoms with Crippen LogP contribution < -0.4 is 11.2 Å². The Labute approximate surface area is 72.5 Å². The Balaban J connectivity index is 4.40. The van der Waals surface area contributed by atoms with E-state index in [1.165, 1.54) is 0 Å². The van der Waals surface area contributed by atoms with Gasteiger partial charge in [0.05, 0.1) is 5.71 Å². The second kappa shape index (κ2) is 4.54. The van der Waals surface area contributed by atoms with Gasteiger partial charge >= 0.3 is 6.03 Å². The number of amides is 2. The molecule has 0 aliphatic heterocycles. The molecule has 0 aliphatic rings. The predicted octanol–water partition coefficient (Wildman–Crippen LogP) is 1.24. The summed E-state index contributed by atoms with van der Waals surface area (Å²) in [4.78, 5) is 10.3. The number of hydrazone groups is 1. The molecular weight excluding hydrogens is 154 g/mol. The number of urea groups is 1. The summed E-state index contributed by atoms with van der Waals surface area (Å²) in [6.45, 7) is 9.50. The molecular formula is C8H15N3O. The van der Waals surface area contributed by atoms with E-state index in [-0.39, 0.29) is 5.92 Å². The number of rotatable bonds is 3. The van der Waals surface area contributed by atoms with Gasteiger partial charge in [-0.05, 0) is 18.4 Å². The van der Waals surface area contributed by atoms with Crippen molar-refractivity contribution in [1.29, 1.82) is 0 Å². The zero-order valence-electron chi connectivity index (χ0n) is 7.72. The van der Waals surface area contributed by atoms with Gasteiger partial charge in [0, 0.05) is 0 Å². The highest BCUT2D eigenvalue weighted by molar-refractivity contribution is 6.00. The lowest BCUT2D eigenvalue weighted by Crippen LogP contribution is -2.27. The molecule has 68 valence electrons. The van der Waals surface area contributed by atoms with Gasteiger partial charge < -0.3 is 5.73 Å². The fraction of sp³-hybridized carbons (Fsp3) is 0.500. The molecule has 0 bridgehead atoms. The number of nitrogens with one attached hydrogen (secondary N) is 1. The minimum absolute atomic E-state index is 0.231.